The lowest BCUT2D eigenvalue weighted by atomic mass is 9.83. The fourth-order valence-corrected chi connectivity index (χ4v) is 5.39. The molecule has 3 N–H and O–H groups in total. The number of rotatable bonds is 13. The van der Waals surface area contributed by atoms with E-state index in [0.717, 1.165) is 24.8 Å². The number of likely N-dealkylation sites (tertiary alicyclic amines) is 1. The molecular formula is C27H38N4O6. The number of ether oxygens (including phenoxy) is 2. The third-order valence-electron chi connectivity index (χ3n) is 7.29. The molecule has 2 aromatic rings. The zero-order valence-corrected chi connectivity index (χ0v) is 21.7. The Balaban J connectivity index is 1.58. The second-order valence-electron chi connectivity index (χ2n) is 9.86. The number of aryl methyl sites for hydroxylation is 2. The number of oxazole rings is 1. The minimum Gasteiger partial charge on any atom is -0.481 e. The molecule has 1 aromatic carbocycles. The molecule has 2 aliphatic heterocycles. The van der Waals surface area contributed by atoms with Crippen molar-refractivity contribution in [3.63, 3.8) is 0 Å². The van der Waals surface area contributed by atoms with Crippen LogP contribution in [-0.4, -0.2) is 77.3 Å². The molecule has 4 rings (SSSR count). The molecule has 3 unspecified atom stereocenters. The van der Waals surface area contributed by atoms with Gasteiger partial charge < -0.3 is 29.6 Å². The minimum atomic E-state index is -0.878. The number of fused-ring (bicyclic) bond motifs is 1. The first kappa shape index (κ1) is 26.9. The largest absolute Gasteiger partial charge is 0.481 e. The fourth-order valence-electron chi connectivity index (χ4n) is 5.39. The molecule has 2 aliphatic rings. The number of aliphatic carboxylic acids is 1. The van der Waals surface area contributed by atoms with Gasteiger partial charge in [0.2, 0.25) is 12.7 Å². The van der Waals surface area contributed by atoms with E-state index in [-0.39, 0.29) is 31.2 Å². The summed E-state index contributed by atoms with van der Waals surface area (Å²) < 4.78 is 16.6. The zero-order chi connectivity index (χ0) is 26.4. The van der Waals surface area contributed by atoms with Gasteiger partial charge in [0.25, 0.3) is 0 Å². The van der Waals surface area contributed by atoms with Gasteiger partial charge in [-0.2, -0.15) is 0 Å². The van der Waals surface area contributed by atoms with Crippen LogP contribution in [0.25, 0.3) is 0 Å². The van der Waals surface area contributed by atoms with Crippen LogP contribution in [0.4, 0.5) is 0 Å². The number of aromatic nitrogens is 1. The van der Waals surface area contributed by atoms with Gasteiger partial charge in [-0.05, 0) is 50.4 Å². The molecule has 0 spiro atoms. The number of nitrogens with two attached hydrogens (primary N) is 1. The molecule has 0 bridgehead atoms. The molecule has 1 fully saturated rings. The number of amides is 1. The Morgan fingerprint density at radius 2 is 2.00 bits per heavy atom. The first-order valence-corrected chi connectivity index (χ1v) is 13.2. The van der Waals surface area contributed by atoms with Crippen molar-refractivity contribution in [2.75, 3.05) is 39.5 Å². The maximum Gasteiger partial charge on any atom is 0.308 e. The maximum absolute atomic E-state index is 13.4. The van der Waals surface area contributed by atoms with Crippen LogP contribution in [-0.2, 0) is 16.0 Å². The number of carboxylic acids is 1. The third-order valence-corrected chi connectivity index (χ3v) is 7.29. The summed E-state index contributed by atoms with van der Waals surface area (Å²) in [4.78, 5) is 34.3. The van der Waals surface area contributed by atoms with Crippen molar-refractivity contribution in [3.05, 3.63) is 41.6 Å². The van der Waals surface area contributed by atoms with Crippen molar-refractivity contribution in [2.45, 2.75) is 57.9 Å². The Morgan fingerprint density at radius 1 is 1.22 bits per heavy atom. The molecule has 1 aromatic heterocycles. The predicted octanol–water partition coefficient (Wildman–Crippen LogP) is 2.79. The van der Waals surface area contributed by atoms with Gasteiger partial charge in [-0.1, -0.05) is 19.4 Å². The predicted molar refractivity (Wildman–Crippen MR) is 137 cm³/mol. The molecule has 202 valence electrons. The van der Waals surface area contributed by atoms with Gasteiger partial charge in [-0.3, -0.25) is 14.5 Å². The summed E-state index contributed by atoms with van der Waals surface area (Å²) >= 11 is 0. The van der Waals surface area contributed by atoms with Crippen LogP contribution in [0, 0.1) is 12.8 Å². The van der Waals surface area contributed by atoms with Crippen molar-refractivity contribution in [1.82, 2.24) is 14.8 Å². The molecule has 10 nitrogen and oxygen atoms in total. The van der Waals surface area contributed by atoms with E-state index in [4.69, 9.17) is 19.6 Å². The molecule has 10 heteroatoms. The average Bonchev–Trinajstić information content (AvgIpc) is 3.60. The third kappa shape index (κ3) is 6.42. The highest BCUT2D eigenvalue weighted by molar-refractivity contribution is 5.79. The highest BCUT2D eigenvalue weighted by Crippen LogP contribution is 2.43. The summed E-state index contributed by atoms with van der Waals surface area (Å²) in [6.07, 6.45) is 5.32. The Labute approximate surface area is 217 Å². The standard InChI is InChI=1S/C27H38N4O6/c1-3-4-11-30(12-5-10-28)25(32)16-31-15-20(19-6-8-22-23(13-19)36-17-35-22)26(27(33)34)21(31)7-9-24-29-14-18(2)37-24/h6,8,13-14,20-21,26H,3-5,7,9-12,15-17,28H2,1-2H3,(H,33,34). The Bertz CT molecular complexity index is 1060. The van der Waals surface area contributed by atoms with Crippen LogP contribution in [0.3, 0.4) is 0 Å². The second-order valence-corrected chi connectivity index (χ2v) is 9.86. The first-order chi connectivity index (χ1) is 17.9. The number of hydrogen-bond donors (Lipinski definition) is 2. The van der Waals surface area contributed by atoms with Crippen molar-refractivity contribution in [2.24, 2.45) is 11.7 Å². The van der Waals surface area contributed by atoms with Crippen LogP contribution in [0.15, 0.2) is 28.8 Å². The van der Waals surface area contributed by atoms with E-state index < -0.39 is 11.9 Å². The van der Waals surface area contributed by atoms with Crippen molar-refractivity contribution < 1.29 is 28.6 Å². The SMILES string of the molecule is CCCCN(CCCN)C(=O)CN1CC(c2ccc3c(c2)OCO3)C(C(=O)O)C1CCc1ncc(C)o1. The van der Waals surface area contributed by atoms with E-state index in [0.29, 0.717) is 62.2 Å². The number of carbonyl (C=O) groups excluding carboxylic acids is 1. The highest BCUT2D eigenvalue weighted by Gasteiger charge is 2.47. The quantitative estimate of drug-likeness (QED) is 0.414. The van der Waals surface area contributed by atoms with Gasteiger partial charge in [0.05, 0.1) is 18.7 Å². The van der Waals surface area contributed by atoms with Gasteiger partial charge in [0.1, 0.15) is 5.76 Å². The summed E-state index contributed by atoms with van der Waals surface area (Å²) in [6.45, 7) is 6.50. The Kier molecular flexibility index (Phi) is 9.04. The summed E-state index contributed by atoms with van der Waals surface area (Å²) in [5.74, 6) is 0.700. The first-order valence-electron chi connectivity index (χ1n) is 13.2. The number of carboxylic acid groups (broad SMARTS) is 1. The monoisotopic (exact) mass is 514 g/mol. The van der Waals surface area contributed by atoms with E-state index in [9.17, 15) is 14.7 Å². The van der Waals surface area contributed by atoms with E-state index in [1.165, 1.54) is 0 Å². The van der Waals surface area contributed by atoms with Crippen LogP contribution < -0.4 is 15.2 Å². The van der Waals surface area contributed by atoms with Crippen molar-refractivity contribution in [1.29, 1.82) is 0 Å². The van der Waals surface area contributed by atoms with E-state index in [1.807, 2.05) is 34.9 Å². The maximum atomic E-state index is 13.4. The van der Waals surface area contributed by atoms with E-state index in [2.05, 4.69) is 11.9 Å². The van der Waals surface area contributed by atoms with Crippen molar-refractivity contribution >= 4 is 11.9 Å². The molecule has 3 heterocycles. The molecule has 1 saturated heterocycles. The molecule has 1 amide bonds. The number of unbranched alkanes of at least 4 members (excludes halogenated alkanes) is 1. The lowest BCUT2D eigenvalue weighted by Crippen LogP contribution is -2.45. The Morgan fingerprint density at radius 3 is 2.70 bits per heavy atom. The van der Waals surface area contributed by atoms with E-state index in [1.54, 1.807) is 6.20 Å². The van der Waals surface area contributed by atoms with Crippen LogP contribution >= 0.6 is 0 Å². The summed E-state index contributed by atoms with van der Waals surface area (Å²) in [5, 5.41) is 10.4. The summed E-state index contributed by atoms with van der Waals surface area (Å²) in [7, 11) is 0. The van der Waals surface area contributed by atoms with Crippen LogP contribution in [0.1, 0.15) is 55.7 Å². The summed E-state index contributed by atoms with van der Waals surface area (Å²) in [6, 6.07) is 5.25. The lowest BCUT2D eigenvalue weighted by molar-refractivity contribution is -0.143. The molecule has 3 atom stereocenters. The van der Waals surface area contributed by atoms with Crippen molar-refractivity contribution in [3.8, 4) is 11.5 Å². The normalized spacial score (nSPS) is 20.9. The van der Waals surface area contributed by atoms with Gasteiger partial charge in [0.15, 0.2) is 17.4 Å². The molecule has 37 heavy (non-hydrogen) atoms. The number of carbonyl (C=O) groups is 2. The number of benzene rings is 1. The average molecular weight is 515 g/mol. The minimum absolute atomic E-state index is 0.00865. The fraction of sp³-hybridized carbons (Fsp3) is 0.593. The molecular weight excluding hydrogens is 476 g/mol. The number of hydrogen-bond acceptors (Lipinski definition) is 8. The zero-order valence-electron chi connectivity index (χ0n) is 21.7. The molecule has 0 radical (unpaired) electrons. The number of nitrogens with zero attached hydrogens (tertiary/aromatic N) is 3. The van der Waals surface area contributed by atoms with Gasteiger partial charge >= 0.3 is 5.97 Å². The topological polar surface area (TPSA) is 131 Å². The second kappa shape index (κ2) is 12.4. The van der Waals surface area contributed by atoms with Gasteiger partial charge in [0, 0.05) is 38.0 Å². The summed E-state index contributed by atoms with van der Waals surface area (Å²) in [5.41, 5.74) is 6.58. The highest BCUT2D eigenvalue weighted by atomic mass is 16.7. The van der Waals surface area contributed by atoms with Crippen LogP contribution in [0.2, 0.25) is 0 Å². The van der Waals surface area contributed by atoms with E-state index >= 15 is 0 Å². The van der Waals surface area contributed by atoms with Gasteiger partial charge in [-0.15, -0.1) is 0 Å². The Hall–Kier alpha value is -3.11. The van der Waals surface area contributed by atoms with Crippen LogP contribution in [0.5, 0.6) is 11.5 Å². The molecule has 0 aliphatic carbocycles. The van der Waals surface area contributed by atoms with Gasteiger partial charge in [-0.25, -0.2) is 4.98 Å². The lowest BCUT2D eigenvalue weighted by Gasteiger charge is -2.29. The molecule has 0 saturated carbocycles. The smallest absolute Gasteiger partial charge is 0.308 e.